The molecule has 1 unspecified atom stereocenters. The third-order valence-electron chi connectivity index (χ3n) is 7.12. The van der Waals surface area contributed by atoms with Crippen LogP contribution in [0.5, 0.6) is 5.75 Å². The minimum Gasteiger partial charge on any atom is -0.497 e. The summed E-state index contributed by atoms with van der Waals surface area (Å²) in [4.78, 5) is 44.5. The first-order chi connectivity index (χ1) is 19.5. The highest BCUT2D eigenvalue weighted by atomic mass is 16.5. The van der Waals surface area contributed by atoms with Crippen molar-refractivity contribution in [3.63, 3.8) is 0 Å². The van der Waals surface area contributed by atoms with Gasteiger partial charge in [0.1, 0.15) is 12.3 Å². The first-order valence-corrected chi connectivity index (χ1v) is 12.8. The van der Waals surface area contributed by atoms with Crippen LogP contribution in [-0.4, -0.2) is 41.3 Å². The molecule has 0 saturated carbocycles. The van der Waals surface area contributed by atoms with E-state index in [1.807, 2.05) is 72.8 Å². The Morgan fingerprint density at radius 1 is 0.850 bits per heavy atom. The summed E-state index contributed by atoms with van der Waals surface area (Å²) in [5.74, 6) is -0.631. The number of nitrogens with zero attached hydrogens (tertiary/aromatic N) is 1. The molecule has 1 aliphatic rings. The number of carbonyl (C=O) groups is 3. The number of hydrogen-bond acceptors (Lipinski definition) is 4. The standard InChI is InChI=1S/C32H26N4O4/c1-40-22-17-15-21(16-18-22)31(38)35-34-27(37)19-36-30(23-11-5-6-12-24(23)32(36)39)28-25-13-7-8-14-26(25)33-29(28)20-9-3-2-4-10-20/h2-18,30,33H,19H2,1H3,(H,34,37)(H,35,38). The van der Waals surface area contributed by atoms with E-state index >= 15 is 0 Å². The minimum absolute atomic E-state index is 0.249. The fourth-order valence-electron chi connectivity index (χ4n) is 5.26. The summed E-state index contributed by atoms with van der Waals surface area (Å²) in [6.07, 6.45) is 0. The van der Waals surface area contributed by atoms with E-state index in [2.05, 4.69) is 15.8 Å². The number of nitrogens with one attached hydrogen (secondary N) is 3. The number of hydrazine groups is 1. The van der Waals surface area contributed by atoms with Crippen LogP contribution >= 0.6 is 0 Å². The highest BCUT2D eigenvalue weighted by Crippen LogP contribution is 2.45. The third-order valence-corrected chi connectivity index (χ3v) is 7.12. The zero-order valence-corrected chi connectivity index (χ0v) is 21.7. The van der Waals surface area contributed by atoms with Gasteiger partial charge in [-0.3, -0.25) is 25.2 Å². The van der Waals surface area contributed by atoms with E-state index in [-0.39, 0.29) is 12.5 Å². The Morgan fingerprint density at radius 2 is 1.55 bits per heavy atom. The van der Waals surface area contributed by atoms with Crippen LogP contribution in [0.2, 0.25) is 0 Å². The van der Waals surface area contributed by atoms with Crippen molar-refractivity contribution < 1.29 is 19.1 Å². The molecule has 0 saturated heterocycles. The number of carbonyl (C=O) groups excluding carboxylic acids is 3. The topological polar surface area (TPSA) is 104 Å². The van der Waals surface area contributed by atoms with Crippen molar-refractivity contribution in [2.75, 3.05) is 13.7 Å². The van der Waals surface area contributed by atoms with Crippen LogP contribution in [0.1, 0.15) is 37.9 Å². The number of benzene rings is 4. The lowest BCUT2D eigenvalue weighted by atomic mass is 9.93. The molecule has 8 nitrogen and oxygen atoms in total. The zero-order chi connectivity index (χ0) is 27.6. The van der Waals surface area contributed by atoms with E-state index in [0.717, 1.165) is 33.3 Å². The number of aromatic amines is 1. The zero-order valence-electron chi connectivity index (χ0n) is 21.7. The van der Waals surface area contributed by atoms with Crippen LogP contribution in [0.15, 0.2) is 103 Å². The van der Waals surface area contributed by atoms with Crippen molar-refractivity contribution in [3.8, 4) is 17.0 Å². The van der Waals surface area contributed by atoms with Crippen LogP contribution in [0, 0.1) is 0 Å². The van der Waals surface area contributed by atoms with Crippen molar-refractivity contribution in [2.24, 2.45) is 0 Å². The van der Waals surface area contributed by atoms with Crippen LogP contribution in [-0.2, 0) is 4.79 Å². The van der Waals surface area contributed by atoms with Gasteiger partial charge in [-0.1, -0.05) is 66.7 Å². The number of ether oxygens (including phenoxy) is 1. The van der Waals surface area contributed by atoms with Crippen molar-refractivity contribution in [1.29, 1.82) is 0 Å². The number of H-pyrrole nitrogens is 1. The van der Waals surface area contributed by atoms with Crippen molar-refractivity contribution in [3.05, 3.63) is 125 Å². The second-order valence-corrected chi connectivity index (χ2v) is 9.48. The van der Waals surface area contributed by atoms with E-state index in [1.165, 1.54) is 0 Å². The molecule has 0 fully saturated rings. The summed E-state index contributed by atoms with van der Waals surface area (Å²) in [6.45, 7) is -0.255. The van der Waals surface area contributed by atoms with Crippen molar-refractivity contribution in [1.82, 2.24) is 20.7 Å². The lowest BCUT2D eigenvalue weighted by Crippen LogP contribution is -2.47. The van der Waals surface area contributed by atoms with Gasteiger partial charge in [0, 0.05) is 27.6 Å². The Morgan fingerprint density at radius 3 is 2.33 bits per heavy atom. The number of aromatic nitrogens is 1. The molecule has 1 aromatic heterocycles. The second kappa shape index (κ2) is 10.4. The van der Waals surface area contributed by atoms with Gasteiger partial charge < -0.3 is 14.6 Å². The largest absolute Gasteiger partial charge is 0.497 e. The number of hydrogen-bond donors (Lipinski definition) is 3. The Hall–Kier alpha value is -5.37. The summed E-state index contributed by atoms with van der Waals surface area (Å²) in [5, 5.41) is 0.967. The molecule has 6 rings (SSSR count). The van der Waals surface area contributed by atoms with E-state index in [9.17, 15) is 14.4 Å². The fraction of sp³-hybridized carbons (Fsp3) is 0.0938. The molecule has 3 amide bonds. The Balaban J connectivity index is 1.33. The molecule has 0 aliphatic carbocycles. The Bertz CT molecular complexity index is 1730. The van der Waals surface area contributed by atoms with Crippen LogP contribution in [0.25, 0.3) is 22.2 Å². The predicted octanol–water partition coefficient (Wildman–Crippen LogP) is 4.85. The summed E-state index contributed by atoms with van der Waals surface area (Å²) in [7, 11) is 1.54. The predicted molar refractivity (Wildman–Crippen MR) is 152 cm³/mol. The maximum absolute atomic E-state index is 13.7. The van der Waals surface area contributed by atoms with E-state index < -0.39 is 17.9 Å². The molecule has 3 N–H and O–H groups in total. The molecule has 8 heteroatoms. The molecular weight excluding hydrogens is 504 g/mol. The molecule has 1 atom stereocenters. The SMILES string of the molecule is COc1ccc(C(=O)NNC(=O)CN2C(=O)c3ccccc3C2c2c(-c3ccccc3)[nH]c3ccccc23)cc1. The lowest BCUT2D eigenvalue weighted by molar-refractivity contribution is -0.122. The molecule has 4 aromatic carbocycles. The third kappa shape index (κ3) is 4.45. The van der Waals surface area contributed by atoms with Gasteiger partial charge in [0.05, 0.1) is 18.8 Å². The average molecular weight is 531 g/mol. The normalized spacial score (nSPS) is 14.2. The molecule has 40 heavy (non-hydrogen) atoms. The molecule has 0 bridgehead atoms. The highest BCUT2D eigenvalue weighted by molar-refractivity contribution is 6.04. The minimum atomic E-state index is -0.519. The number of fused-ring (bicyclic) bond motifs is 2. The maximum atomic E-state index is 13.7. The first-order valence-electron chi connectivity index (χ1n) is 12.8. The number of para-hydroxylation sites is 1. The molecule has 1 aliphatic heterocycles. The molecule has 0 radical (unpaired) electrons. The van der Waals surface area contributed by atoms with Gasteiger partial charge in [-0.05, 0) is 47.5 Å². The molecule has 198 valence electrons. The first kappa shape index (κ1) is 24.9. The molecule has 5 aromatic rings. The van der Waals surface area contributed by atoms with Crippen LogP contribution in [0.3, 0.4) is 0 Å². The van der Waals surface area contributed by atoms with Gasteiger partial charge in [0.15, 0.2) is 0 Å². The smallest absolute Gasteiger partial charge is 0.269 e. The molecule has 0 spiro atoms. The van der Waals surface area contributed by atoms with Crippen LogP contribution < -0.4 is 15.6 Å². The van der Waals surface area contributed by atoms with Gasteiger partial charge in [-0.25, -0.2) is 0 Å². The van der Waals surface area contributed by atoms with Crippen molar-refractivity contribution >= 4 is 28.6 Å². The summed E-state index contributed by atoms with van der Waals surface area (Å²) in [5.41, 5.74) is 10.3. The highest BCUT2D eigenvalue weighted by Gasteiger charge is 2.41. The van der Waals surface area contributed by atoms with Gasteiger partial charge in [-0.2, -0.15) is 0 Å². The monoisotopic (exact) mass is 530 g/mol. The van der Waals surface area contributed by atoms with Crippen molar-refractivity contribution in [2.45, 2.75) is 6.04 Å². The lowest BCUT2D eigenvalue weighted by Gasteiger charge is -2.26. The Labute approximate surface area is 230 Å². The molecule has 2 heterocycles. The van der Waals surface area contributed by atoms with E-state index in [0.29, 0.717) is 16.9 Å². The Kier molecular flexibility index (Phi) is 6.49. The maximum Gasteiger partial charge on any atom is 0.269 e. The van der Waals surface area contributed by atoms with Crippen LogP contribution in [0.4, 0.5) is 0 Å². The quantitative estimate of drug-likeness (QED) is 0.273. The summed E-state index contributed by atoms with van der Waals surface area (Å²) >= 11 is 0. The summed E-state index contributed by atoms with van der Waals surface area (Å²) in [6, 6.07) is 31.3. The van der Waals surface area contributed by atoms with Gasteiger partial charge >= 0.3 is 0 Å². The van der Waals surface area contributed by atoms with E-state index in [1.54, 1.807) is 42.3 Å². The van der Waals surface area contributed by atoms with Gasteiger partial charge in [-0.15, -0.1) is 0 Å². The van der Waals surface area contributed by atoms with E-state index in [4.69, 9.17) is 4.74 Å². The number of amides is 3. The second-order valence-electron chi connectivity index (χ2n) is 9.48. The average Bonchev–Trinajstić information content (AvgIpc) is 3.51. The fourth-order valence-corrected chi connectivity index (χ4v) is 5.26. The van der Waals surface area contributed by atoms with Gasteiger partial charge in [0.25, 0.3) is 17.7 Å². The summed E-state index contributed by atoms with van der Waals surface area (Å²) < 4.78 is 5.12. The van der Waals surface area contributed by atoms with Gasteiger partial charge in [0.2, 0.25) is 0 Å². The number of rotatable bonds is 6. The molecular formula is C32H26N4O4. The number of methoxy groups -OCH3 is 1.